The van der Waals surface area contributed by atoms with Crippen molar-refractivity contribution in [2.24, 2.45) is 0 Å². The van der Waals surface area contributed by atoms with Crippen LogP contribution in [-0.4, -0.2) is 9.97 Å². The first-order chi connectivity index (χ1) is 19.3. The van der Waals surface area contributed by atoms with Crippen molar-refractivity contribution in [2.45, 2.75) is 0 Å². The number of nitrogens with zero attached hydrogens (tertiary/aromatic N) is 2. The second-order valence-corrected chi connectivity index (χ2v) is 9.84. The van der Waals surface area contributed by atoms with Gasteiger partial charge in [0.2, 0.25) is 0 Å². The highest BCUT2D eigenvalue weighted by atomic mass is 16.3. The molecule has 0 bridgehead atoms. The summed E-state index contributed by atoms with van der Waals surface area (Å²) in [5.41, 5.74) is 7.86. The number of pyridine rings is 2. The van der Waals surface area contributed by atoms with Crippen molar-refractivity contribution in [2.75, 3.05) is 0 Å². The van der Waals surface area contributed by atoms with Crippen LogP contribution in [0.25, 0.3) is 77.1 Å². The number of rotatable bonds is 3. The fourth-order valence-corrected chi connectivity index (χ4v) is 5.69. The summed E-state index contributed by atoms with van der Waals surface area (Å²) in [6.07, 6.45) is 3.77. The van der Waals surface area contributed by atoms with Gasteiger partial charge < -0.3 is 4.42 Å². The van der Waals surface area contributed by atoms with Gasteiger partial charge in [-0.05, 0) is 63.5 Å². The third-order valence-corrected chi connectivity index (χ3v) is 7.55. The Kier molecular flexibility index (Phi) is 4.82. The van der Waals surface area contributed by atoms with Crippen LogP contribution in [-0.2, 0) is 0 Å². The lowest BCUT2D eigenvalue weighted by Crippen LogP contribution is -1.88. The normalized spacial score (nSPS) is 11.6. The molecule has 5 aromatic carbocycles. The highest BCUT2D eigenvalue weighted by molar-refractivity contribution is 6.28. The Labute approximate surface area is 225 Å². The largest absolute Gasteiger partial charge is 0.455 e. The highest BCUT2D eigenvalue weighted by Gasteiger charge is 2.18. The molecule has 0 saturated carbocycles. The molecule has 0 aliphatic carbocycles. The van der Waals surface area contributed by atoms with Gasteiger partial charge in [-0.2, -0.15) is 0 Å². The fourth-order valence-electron chi connectivity index (χ4n) is 5.69. The maximum absolute atomic E-state index is 6.59. The van der Waals surface area contributed by atoms with E-state index in [2.05, 4.69) is 108 Å². The van der Waals surface area contributed by atoms with E-state index in [-0.39, 0.29) is 0 Å². The van der Waals surface area contributed by atoms with Gasteiger partial charge >= 0.3 is 0 Å². The van der Waals surface area contributed by atoms with E-state index in [9.17, 15) is 0 Å². The monoisotopic (exact) mass is 498 g/mol. The highest BCUT2D eigenvalue weighted by Crippen LogP contribution is 2.43. The van der Waals surface area contributed by atoms with Gasteiger partial charge in [-0.15, -0.1) is 0 Å². The molecule has 0 aliphatic heterocycles. The molecule has 0 N–H and O–H groups in total. The average Bonchev–Trinajstić information content (AvgIpc) is 3.42. The number of benzene rings is 5. The zero-order valence-electron chi connectivity index (χ0n) is 21.0. The first kappa shape index (κ1) is 21.8. The van der Waals surface area contributed by atoms with Gasteiger partial charge in [0.15, 0.2) is 0 Å². The van der Waals surface area contributed by atoms with Crippen molar-refractivity contribution >= 4 is 43.5 Å². The summed E-state index contributed by atoms with van der Waals surface area (Å²) >= 11 is 0. The molecule has 0 spiro atoms. The van der Waals surface area contributed by atoms with Gasteiger partial charge in [-0.3, -0.25) is 9.97 Å². The minimum atomic E-state index is 0.873. The molecule has 0 atom stereocenters. The molecular formula is C36H22N2O. The first-order valence-electron chi connectivity index (χ1n) is 13.1. The number of aromatic nitrogens is 2. The van der Waals surface area contributed by atoms with Gasteiger partial charge in [0.25, 0.3) is 0 Å². The lowest BCUT2D eigenvalue weighted by Gasteiger charge is -2.09. The van der Waals surface area contributed by atoms with Crippen molar-refractivity contribution in [3.63, 3.8) is 0 Å². The lowest BCUT2D eigenvalue weighted by molar-refractivity contribution is 0.670. The van der Waals surface area contributed by atoms with Crippen LogP contribution < -0.4 is 0 Å². The van der Waals surface area contributed by atoms with Crippen LogP contribution in [0.1, 0.15) is 0 Å². The first-order valence-corrected chi connectivity index (χ1v) is 13.1. The van der Waals surface area contributed by atoms with E-state index in [0.717, 1.165) is 55.6 Å². The molecule has 0 radical (unpaired) electrons. The predicted molar refractivity (Wildman–Crippen MR) is 161 cm³/mol. The van der Waals surface area contributed by atoms with E-state index in [1.165, 1.54) is 21.5 Å². The van der Waals surface area contributed by atoms with Crippen LogP contribution in [0.5, 0.6) is 0 Å². The minimum Gasteiger partial charge on any atom is -0.455 e. The Morgan fingerprint density at radius 3 is 2.10 bits per heavy atom. The van der Waals surface area contributed by atoms with Crippen LogP contribution in [0, 0.1) is 0 Å². The summed E-state index contributed by atoms with van der Waals surface area (Å²) in [5, 5.41) is 7.07. The Balaban J connectivity index is 1.31. The predicted octanol–water partition coefficient (Wildman–Crippen LogP) is 9.68. The smallest absolute Gasteiger partial charge is 0.145 e. The van der Waals surface area contributed by atoms with Gasteiger partial charge in [-0.25, -0.2) is 0 Å². The topological polar surface area (TPSA) is 38.9 Å². The Morgan fingerprint density at radius 1 is 0.487 bits per heavy atom. The third-order valence-electron chi connectivity index (χ3n) is 7.55. The summed E-state index contributed by atoms with van der Waals surface area (Å²) in [4.78, 5) is 9.44. The van der Waals surface area contributed by atoms with Gasteiger partial charge in [0, 0.05) is 39.9 Å². The van der Waals surface area contributed by atoms with Gasteiger partial charge in [0.1, 0.15) is 11.2 Å². The zero-order valence-corrected chi connectivity index (χ0v) is 21.0. The standard InChI is InChI=1S/C36H22N2O/c1-3-12-28-23(8-1)16-18-33-34(28)35-29-13-4-2-9-25(29)21-30(36(35)39-33)32-17-15-27(22-38-32)24-10-7-11-26(20-24)31-14-5-6-19-37-31/h1-22H. The summed E-state index contributed by atoms with van der Waals surface area (Å²) in [5.74, 6) is 0. The summed E-state index contributed by atoms with van der Waals surface area (Å²) in [6, 6.07) is 42.1. The number of hydrogen-bond acceptors (Lipinski definition) is 3. The minimum absolute atomic E-state index is 0.873. The molecule has 39 heavy (non-hydrogen) atoms. The molecule has 8 rings (SSSR count). The summed E-state index contributed by atoms with van der Waals surface area (Å²) in [6.45, 7) is 0. The van der Waals surface area contributed by atoms with E-state index in [1.807, 2.05) is 30.6 Å². The number of fused-ring (bicyclic) bond motifs is 7. The van der Waals surface area contributed by atoms with E-state index < -0.39 is 0 Å². The zero-order chi connectivity index (χ0) is 25.8. The van der Waals surface area contributed by atoms with Gasteiger partial charge in [0.05, 0.1) is 11.4 Å². The second-order valence-electron chi connectivity index (χ2n) is 9.84. The molecule has 0 saturated heterocycles. The molecule has 0 unspecified atom stereocenters. The van der Waals surface area contributed by atoms with E-state index in [4.69, 9.17) is 9.40 Å². The van der Waals surface area contributed by atoms with E-state index in [1.54, 1.807) is 0 Å². The number of hydrogen-bond donors (Lipinski definition) is 0. The lowest BCUT2D eigenvalue weighted by atomic mass is 9.96. The Morgan fingerprint density at radius 2 is 1.28 bits per heavy atom. The van der Waals surface area contributed by atoms with Crippen LogP contribution in [0.3, 0.4) is 0 Å². The third kappa shape index (κ3) is 3.52. The number of furan rings is 1. The fraction of sp³-hybridized carbons (Fsp3) is 0. The maximum atomic E-state index is 6.59. The second kappa shape index (κ2) is 8.64. The average molecular weight is 499 g/mol. The van der Waals surface area contributed by atoms with Crippen molar-refractivity contribution in [1.29, 1.82) is 0 Å². The van der Waals surface area contributed by atoms with Crippen molar-refractivity contribution < 1.29 is 4.42 Å². The van der Waals surface area contributed by atoms with E-state index in [0.29, 0.717) is 0 Å². The molecule has 0 amide bonds. The van der Waals surface area contributed by atoms with Crippen LogP contribution in [0.4, 0.5) is 0 Å². The van der Waals surface area contributed by atoms with Crippen LogP contribution >= 0.6 is 0 Å². The summed E-state index contributed by atoms with van der Waals surface area (Å²) in [7, 11) is 0. The molecule has 0 aliphatic rings. The van der Waals surface area contributed by atoms with Crippen molar-refractivity contribution in [3.8, 4) is 33.6 Å². The molecule has 3 heterocycles. The molecule has 3 nitrogen and oxygen atoms in total. The molecule has 3 aromatic heterocycles. The van der Waals surface area contributed by atoms with Gasteiger partial charge in [-0.1, -0.05) is 84.9 Å². The van der Waals surface area contributed by atoms with Crippen molar-refractivity contribution in [1.82, 2.24) is 9.97 Å². The van der Waals surface area contributed by atoms with Crippen LogP contribution in [0.2, 0.25) is 0 Å². The van der Waals surface area contributed by atoms with Crippen LogP contribution in [0.15, 0.2) is 138 Å². The molecule has 0 fully saturated rings. The Bertz CT molecular complexity index is 2160. The quantitative estimate of drug-likeness (QED) is 0.243. The summed E-state index contributed by atoms with van der Waals surface area (Å²) < 4.78 is 6.59. The molecule has 8 aromatic rings. The SMILES string of the molecule is c1ccc(-c2cccc(-c3ccc(-c4cc5ccccc5c5c4oc4ccc6ccccc6c45)nc3)c2)nc1. The van der Waals surface area contributed by atoms with Crippen molar-refractivity contribution in [3.05, 3.63) is 134 Å². The van der Waals surface area contributed by atoms with E-state index >= 15 is 0 Å². The molecular weight excluding hydrogens is 476 g/mol. The molecule has 182 valence electrons. The molecule has 3 heteroatoms. The maximum Gasteiger partial charge on any atom is 0.145 e. The Hall–Kier alpha value is -5.28.